The summed E-state index contributed by atoms with van der Waals surface area (Å²) >= 11 is 0. The predicted octanol–water partition coefficient (Wildman–Crippen LogP) is 10.8. The van der Waals surface area contributed by atoms with Crippen LogP contribution in [-0.4, -0.2) is 15.0 Å². The van der Waals surface area contributed by atoms with E-state index < -0.39 is 11.8 Å². The summed E-state index contributed by atoms with van der Waals surface area (Å²) in [5.41, 5.74) is 8.44. The van der Waals surface area contributed by atoms with Crippen LogP contribution in [0.2, 0.25) is 0 Å². The number of hydrogen-bond acceptors (Lipinski definition) is 4. The van der Waals surface area contributed by atoms with Gasteiger partial charge in [0, 0.05) is 52.2 Å². The Labute approximate surface area is 291 Å². The molecule has 5 heteroatoms. The number of aromatic nitrogens is 3. The molecule has 8 rings (SSSR count). The molecule has 4 aromatic carbocycles. The van der Waals surface area contributed by atoms with E-state index in [1.807, 2.05) is 124 Å². The van der Waals surface area contributed by atoms with Gasteiger partial charge < -0.3 is 14.4 Å². The van der Waals surface area contributed by atoms with Gasteiger partial charge in [-0.1, -0.05) is 92.4 Å². The van der Waals surface area contributed by atoms with Gasteiger partial charge >= 0.3 is 0 Å². The zero-order chi connectivity index (χ0) is 33.3. The SMILES string of the molecule is [2H]C([2H])(c1ccc(-c2ccnc(-c3[c-]cccc3)c2)cc1)C(C)(C)C.[Ir].[c-]1ccc2c(oc3c2ccc2cccnc23)c1-c1ccccn1. The van der Waals surface area contributed by atoms with Crippen molar-refractivity contribution in [3.05, 3.63) is 152 Å². The third-order valence-corrected chi connectivity index (χ3v) is 7.58. The van der Waals surface area contributed by atoms with E-state index in [-0.39, 0.29) is 20.1 Å². The molecule has 1 radical (unpaired) electrons. The van der Waals surface area contributed by atoms with Crippen LogP contribution < -0.4 is 0 Å². The molecular weight excluding hydrogens is 755 g/mol. The van der Waals surface area contributed by atoms with Crippen LogP contribution in [0.25, 0.3) is 66.5 Å². The van der Waals surface area contributed by atoms with Gasteiger partial charge in [0.15, 0.2) is 0 Å². The van der Waals surface area contributed by atoms with Crippen molar-refractivity contribution in [3.8, 4) is 33.6 Å². The Kier molecular flexibility index (Phi) is 8.65. The molecule has 0 aliphatic rings. The molecule has 0 atom stereocenters. The minimum atomic E-state index is -1.38. The van der Waals surface area contributed by atoms with E-state index in [1.54, 1.807) is 18.6 Å². The van der Waals surface area contributed by atoms with E-state index in [0.717, 1.165) is 66.5 Å². The molecule has 0 saturated heterocycles. The van der Waals surface area contributed by atoms with Crippen LogP contribution in [0.1, 0.15) is 29.1 Å². The van der Waals surface area contributed by atoms with Crippen molar-refractivity contribution < 1.29 is 27.3 Å². The van der Waals surface area contributed by atoms with Gasteiger partial charge in [-0.2, -0.15) is 0 Å². The Morgan fingerprint density at radius 3 is 2.21 bits per heavy atom. The molecular formula is C42H33IrN3O-2. The maximum Gasteiger partial charge on any atom is 0.147 e. The normalized spacial score (nSPS) is 12.1. The minimum Gasteiger partial charge on any atom is -0.498 e. The van der Waals surface area contributed by atoms with E-state index >= 15 is 0 Å². The average Bonchev–Trinajstić information content (AvgIpc) is 3.52. The average molecular weight is 790 g/mol. The van der Waals surface area contributed by atoms with Crippen LogP contribution in [0, 0.1) is 17.5 Å². The first-order valence-corrected chi connectivity index (χ1v) is 15.3. The van der Waals surface area contributed by atoms with E-state index in [1.165, 1.54) is 0 Å². The van der Waals surface area contributed by atoms with Crippen molar-refractivity contribution in [1.29, 1.82) is 0 Å². The van der Waals surface area contributed by atoms with Gasteiger partial charge in [-0.3, -0.25) is 4.98 Å². The zero-order valence-corrected chi connectivity index (χ0v) is 28.7. The standard InChI is InChI=1S/C22H22N.C20H11N2O.Ir/c1-22(2,3)16-17-9-11-18(12-10-17)20-13-14-23-21(15-20)19-7-5-4-6-8-19;1-2-11-21-17(8-1)16-7-3-6-14-15-10-9-13-5-4-12-22-18(13)20(15)23-19(14)16;/h4-7,9-15H,16H2,1-3H3;1-6,8-12H;/q2*-1;/i16D2;;. The molecule has 0 spiro atoms. The van der Waals surface area contributed by atoms with Gasteiger partial charge in [0.05, 0.1) is 5.58 Å². The van der Waals surface area contributed by atoms with Crippen molar-refractivity contribution in [3.63, 3.8) is 0 Å². The van der Waals surface area contributed by atoms with E-state index in [9.17, 15) is 0 Å². The molecule has 47 heavy (non-hydrogen) atoms. The van der Waals surface area contributed by atoms with Crippen molar-refractivity contribution in [1.82, 2.24) is 15.0 Å². The number of benzene rings is 4. The Bertz CT molecular complexity index is 2350. The smallest absolute Gasteiger partial charge is 0.147 e. The molecule has 0 saturated carbocycles. The zero-order valence-electron chi connectivity index (χ0n) is 28.3. The summed E-state index contributed by atoms with van der Waals surface area (Å²) in [6, 6.07) is 43.9. The Balaban J connectivity index is 0.000000167. The number of furan rings is 1. The largest absolute Gasteiger partial charge is 0.498 e. The maximum absolute atomic E-state index is 8.39. The summed E-state index contributed by atoms with van der Waals surface area (Å²) in [7, 11) is 0. The fourth-order valence-electron chi connectivity index (χ4n) is 5.53. The second kappa shape index (κ2) is 13.8. The number of pyridine rings is 3. The Hall–Kier alpha value is -4.96. The monoisotopic (exact) mass is 790 g/mol. The third kappa shape index (κ3) is 7.07. The van der Waals surface area contributed by atoms with Gasteiger partial charge in [-0.25, -0.2) is 0 Å². The molecule has 0 amide bonds. The van der Waals surface area contributed by atoms with E-state index in [4.69, 9.17) is 7.16 Å². The minimum absolute atomic E-state index is 0. The molecule has 0 aliphatic heterocycles. The summed E-state index contributed by atoms with van der Waals surface area (Å²) < 4.78 is 23.0. The molecule has 0 unspecified atom stereocenters. The summed E-state index contributed by atoms with van der Waals surface area (Å²) in [4.78, 5) is 13.3. The van der Waals surface area contributed by atoms with Crippen molar-refractivity contribution in [2.24, 2.45) is 5.41 Å². The quantitative estimate of drug-likeness (QED) is 0.167. The Morgan fingerprint density at radius 1 is 0.660 bits per heavy atom. The van der Waals surface area contributed by atoms with Crippen molar-refractivity contribution in [2.75, 3.05) is 0 Å². The van der Waals surface area contributed by atoms with Crippen LogP contribution in [0.3, 0.4) is 0 Å². The fraction of sp³-hybridized carbons (Fsp3) is 0.119. The van der Waals surface area contributed by atoms with Gasteiger partial charge in [-0.15, -0.1) is 54.1 Å². The van der Waals surface area contributed by atoms with Crippen LogP contribution >= 0.6 is 0 Å². The topological polar surface area (TPSA) is 51.8 Å². The van der Waals surface area contributed by atoms with Crippen molar-refractivity contribution in [2.45, 2.75) is 27.1 Å². The van der Waals surface area contributed by atoms with Crippen LogP contribution in [0.4, 0.5) is 0 Å². The first-order valence-electron chi connectivity index (χ1n) is 16.3. The second-order valence-corrected chi connectivity index (χ2v) is 12.1. The van der Waals surface area contributed by atoms with Gasteiger partial charge in [0.2, 0.25) is 0 Å². The number of fused-ring (bicyclic) bond motifs is 5. The molecule has 0 aliphatic carbocycles. The molecule has 0 N–H and O–H groups in total. The van der Waals surface area contributed by atoms with Gasteiger partial charge in [0.25, 0.3) is 0 Å². The molecule has 0 fully saturated rings. The Morgan fingerprint density at radius 2 is 1.45 bits per heavy atom. The summed E-state index contributed by atoms with van der Waals surface area (Å²) in [5.74, 6) is 0. The first-order chi connectivity index (χ1) is 23.2. The fourth-order valence-corrected chi connectivity index (χ4v) is 5.53. The van der Waals surface area contributed by atoms with E-state index in [0.29, 0.717) is 5.56 Å². The van der Waals surface area contributed by atoms with Crippen molar-refractivity contribution >= 4 is 32.8 Å². The second-order valence-electron chi connectivity index (χ2n) is 12.1. The number of hydrogen-bond donors (Lipinski definition) is 0. The number of rotatable bonds is 4. The molecule has 233 valence electrons. The van der Waals surface area contributed by atoms with Crippen LogP contribution in [0.15, 0.2) is 138 Å². The maximum atomic E-state index is 8.39. The first kappa shape index (κ1) is 29.4. The predicted molar refractivity (Wildman–Crippen MR) is 188 cm³/mol. The molecule has 8 aromatic rings. The van der Waals surface area contributed by atoms with Gasteiger partial charge in [0.1, 0.15) is 11.1 Å². The molecule has 4 aromatic heterocycles. The summed E-state index contributed by atoms with van der Waals surface area (Å²) in [5, 5.41) is 3.20. The third-order valence-electron chi connectivity index (χ3n) is 7.58. The molecule has 4 heterocycles. The molecule has 0 bridgehead atoms. The van der Waals surface area contributed by atoms with Crippen LogP contribution in [-0.2, 0) is 26.5 Å². The van der Waals surface area contributed by atoms with E-state index in [2.05, 4.69) is 39.2 Å². The summed E-state index contributed by atoms with van der Waals surface area (Å²) in [6.07, 6.45) is 3.99. The van der Waals surface area contributed by atoms with Gasteiger partial charge in [-0.05, 0) is 58.1 Å². The van der Waals surface area contributed by atoms with Crippen LogP contribution in [0.5, 0.6) is 0 Å². The summed E-state index contributed by atoms with van der Waals surface area (Å²) in [6.45, 7) is 5.77. The number of nitrogens with zero attached hydrogens (tertiary/aromatic N) is 3. The molecule has 4 nitrogen and oxygen atoms in total.